The molecule has 0 unspecified atom stereocenters. The van der Waals surface area contributed by atoms with Gasteiger partial charge in [-0.25, -0.2) is 0 Å². The van der Waals surface area contributed by atoms with E-state index in [4.69, 9.17) is 9.47 Å². The van der Waals surface area contributed by atoms with Gasteiger partial charge < -0.3 is 14.8 Å². The van der Waals surface area contributed by atoms with Crippen molar-refractivity contribution in [3.63, 3.8) is 0 Å². The second kappa shape index (κ2) is 7.94. The molecule has 0 saturated carbocycles. The van der Waals surface area contributed by atoms with Crippen molar-refractivity contribution in [3.8, 4) is 11.5 Å². The van der Waals surface area contributed by atoms with Gasteiger partial charge in [-0.2, -0.15) is 0 Å². The third kappa shape index (κ3) is 4.45. The quantitative estimate of drug-likeness (QED) is 0.659. The Balaban J connectivity index is 1.64. The van der Waals surface area contributed by atoms with Crippen molar-refractivity contribution in [3.05, 3.63) is 60.7 Å². The number of thioether (sulfide) groups is 1. The summed E-state index contributed by atoms with van der Waals surface area (Å²) in [6, 6.07) is 19.7. The molecule has 0 aliphatic carbocycles. The van der Waals surface area contributed by atoms with Crippen LogP contribution in [-0.4, -0.2) is 25.9 Å². The Morgan fingerprint density at radius 3 is 2.28 bits per heavy atom. The molecule has 0 aliphatic heterocycles. The molecule has 0 spiro atoms. The lowest BCUT2D eigenvalue weighted by Crippen LogP contribution is -2.14. The minimum absolute atomic E-state index is 0.0755. The molecule has 25 heavy (non-hydrogen) atoms. The highest BCUT2D eigenvalue weighted by atomic mass is 32.2. The SMILES string of the molecule is COc1cc(NC(=O)CSc2ccc3ccccc3c2)cc(OC)c1. The topological polar surface area (TPSA) is 47.6 Å². The van der Waals surface area contributed by atoms with Crippen LogP contribution in [0, 0.1) is 0 Å². The van der Waals surface area contributed by atoms with Crippen LogP contribution in [0.2, 0.25) is 0 Å². The minimum atomic E-state index is -0.0755. The number of anilines is 1. The van der Waals surface area contributed by atoms with E-state index < -0.39 is 0 Å². The summed E-state index contributed by atoms with van der Waals surface area (Å²) >= 11 is 1.51. The van der Waals surface area contributed by atoms with Gasteiger partial charge in [-0.1, -0.05) is 30.3 Å². The van der Waals surface area contributed by atoms with Gasteiger partial charge in [0.25, 0.3) is 0 Å². The van der Waals surface area contributed by atoms with Crippen LogP contribution in [0.4, 0.5) is 5.69 Å². The van der Waals surface area contributed by atoms with Crippen molar-refractivity contribution in [2.75, 3.05) is 25.3 Å². The van der Waals surface area contributed by atoms with E-state index in [1.807, 2.05) is 18.2 Å². The summed E-state index contributed by atoms with van der Waals surface area (Å²) in [5.74, 6) is 1.53. The summed E-state index contributed by atoms with van der Waals surface area (Å²) in [4.78, 5) is 13.3. The highest BCUT2D eigenvalue weighted by molar-refractivity contribution is 8.00. The van der Waals surface area contributed by atoms with Gasteiger partial charge in [0, 0.05) is 28.8 Å². The molecule has 0 saturated heterocycles. The predicted molar refractivity (Wildman–Crippen MR) is 103 cm³/mol. The minimum Gasteiger partial charge on any atom is -0.497 e. The van der Waals surface area contributed by atoms with Gasteiger partial charge in [0.1, 0.15) is 11.5 Å². The lowest BCUT2D eigenvalue weighted by Gasteiger charge is -2.10. The largest absolute Gasteiger partial charge is 0.497 e. The molecule has 0 fully saturated rings. The van der Waals surface area contributed by atoms with Crippen LogP contribution >= 0.6 is 11.8 Å². The number of rotatable bonds is 6. The van der Waals surface area contributed by atoms with Crippen LogP contribution < -0.4 is 14.8 Å². The van der Waals surface area contributed by atoms with Gasteiger partial charge in [0.15, 0.2) is 0 Å². The van der Waals surface area contributed by atoms with Crippen molar-refractivity contribution >= 4 is 34.1 Å². The molecule has 3 aromatic carbocycles. The number of fused-ring (bicyclic) bond motifs is 1. The Bertz CT molecular complexity index is 873. The fraction of sp³-hybridized carbons (Fsp3) is 0.150. The van der Waals surface area contributed by atoms with E-state index in [2.05, 4.69) is 29.6 Å². The molecule has 4 nitrogen and oxygen atoms in total. The summed E-state index contributed by atoms with van der Waals surface area (Å²) in [6.45, 7) is 0. The van der Waals surface area contributed by atoms with Crippen LogP contribution in [0.3, 0.4) is 0 Å². The maximum Gasteiger partial charge on any atom is 0.234 e. The predicted octanol–water partition coefficient (Wildman–Crippen LogP) is 4.59. The lowest BCUT2D eigenvalue weighted by atomic mass is 10.1. The molecule has 5 heteroatoms. The molecule has 0 aliphatic rings. The van der Waals surface area contributed by atoms with Gasteiger partial charge in [-0.3, -0.25) is 4.79 Å². The van der Waals surface area contributed by atoms with E-state index in [1.54, 1.807) is 32.4 Å². The molecular formula is C20H19NO3S. The molecule has 0 aromatic heterocycles. The molecule has 0 radical (unpaired) electrons. The Labute approximate surface area is 151 Å². The third-order valence-corrected chi connectivity index (χ3v) is 4.72. The Morgan fingerprint density at radius 1 is 0.920 bits per heavy atom. The summed E-state index contributed by atoms with van der Waals surface area (Å²) in [7, 11) is 3.16. The lowest BCUT2D eigenvalue weighted by molar-refractivity contribution is -0.113. The first kappa shape index (κ1) is 17.2. The van der Waals surface area contributed by atoms with Gasteiger partial charge >= 0.3 is 0 Å². The number of hydrogen-bond acceptors (Lipinski definition) is 4. The van der Waals surface area contributed by atoms with Crippen molar-refractivity contribution in [2.24, 2.45) is 0 Å². The third-order valence-electron chi connectivity index (χ3n) is 3.73. The van der Waals surface area contributed by atoms with E-state index >= 15 is 0 Å². The number of amides is 1. The van der Waals surface area contributed by atoms with Crippen molar-refractivity contribution < 1.29 is 14.3 Å². The van der Waals surface area contributed by atoms with E-state index in [-0.39, 0.29) is 5.91 Å². The Kier molecular flexibility index (Phi) is 5.46. The molecule has 0 heterocycles. The fourth-order valence-electron chi connectivity index (χ4n) is 2.48. The summed E-state index contributed by atoms with van der Waals surface area (Å²) in [5.41, 5.74) is 0.653. The molecule has 3 rings (SSSR count). The first-order valence-corrected chi connectivity index (χ1v) is 8.81. The molecule has 0 bridgehead atoms. The zero-order valence-electron chi connectivity index (χ0n) is 14.1. The molecular weight excluding hydrogens is 334 g/mol. The fourth-order valence-corrected chi connectivity index (χ4v) is 3.23. The monoisotopic (exact) mass is 353 g/mol. The number of ether oxygens (including phenoxy) is 2. The van der Waals surface area contributed by atoms with Crippen LogP contribution in [0.15, 0.2) is 65.6 Å². The Morgan fingerprint density at radius 2 is 1.60 bits per heavy atom. The standard InChI is InChI=1S/C20H19NO3S/c1-23-17-10-16(11-18(12-17)24-2)21-20(22)13-25-19-8-7-14-5-3-4-6-15(14)9-19/h3-12H,13H2,1-2H3,(H,21,22). The average molecular weight is 353 g/mol. The summed E-state index contributed by atoms with van der Waals surface area (Å²) in [6.07, 6.45) is 0. The van der Waals surface area contributed by atoms with E-state index in [1.165, 1.54) is 22.5 Å². The zero-order valence-corrected chi connectivity index (χ0v) is 14.9. The second-order valence-electron chi connectivity index (χ2n) is 5.45. The number of hydrogen-bond donors (Lipinski definition) is 1. The molecule has 0 atom stereocenters. The van der Waals surface area contributed by atoms with E-state index in [0.717, 1.165) is 4.90 Å². The maximum atomic E-state index is 12.2. The van der Waals surface area contributed by atoms with Gasteiger partial charge in [0.2, 0.25) is 5.91 Å². The highest BCUT2D eigenvalue weighted by Gasteiger charge is 2.07. The number of carbonyl (C=O) groups excluding carboxylic acids is 1. The number of carbonyl (C=O) groups is 1. The van der Waals surface area contributed by atoms with Crippen LogP contribution in [-0.2, 0) is 4.79 Å². The number of benzene rings is 3. The summed E-state index contributed by atoms with van der Waals surface area (Å²) < 4.78 is 10.4. The molecule has 1 N–H and O–H groups in total. The Hall–Kier alpha value is -2.66. The van der Waals surface area contributed by atoms with Crippen LogP contribution in [0.5, 0.6) is 11.5 Å². The average Bonchev–Trinajstić information content (AvgIpc) is 2.65. The highest BCUT2D eigenvalue weighted by Crippen LogP contribution is 2.27. The van der Waals surface area contributed by atoms with Crippen molar-refractivity contribution in [1.29, 1.82) is 0 Å². The second-order valence-corrected chi connectivity index (χ2v) is 6.50. The molecule has 1 amide bonds. The van der Waals surface area contributed by atoms with Crippen molar-refractivity contribution in [2.45, 2.75) is 4.90 Å². The summed E-state index contributed by atoms with van der Waals surface area (Å²) in [5, 5.41) is 5.24. The normalized spacial score (nSPS) is 10.5. The maximum absolute atomic E-state index is 12.2. The van der Waals surface area contributed by atoms with Crippen molar-refractivity contribution in [1.82, 2.24) is 0 Å². The van der Waals surface area contributed by atoms with E-state index in [0.29, 0.717) is 22.9 Å². The number of methoxy groups -OCH3 is 2. The van der Waals surface area contributed by atoms with Gasteiger partial charge in [-0.05, 0) is 22.9 Å². The first-order valence-electron chi connectivity index (χ1n) is 7.82. The smallest absolute Gasteiger partial charge is 0.234 e. The molecule has 128 valence electrons. The van der Waals surface area contributed by atoms with Crippen LogP contribution in [0.25, 0.3) is 10.8 Å². The molecule has 3 aromatic rings. The number of nitrogens with one attached hydrogen (secondary N) is 1. The van der Waals surface area contributed by atoms with E-state index in [9.17, 15) is 4.79 Å². The zero-order chi connectivity index (χ0) is 17.6. The van der Waals surface area contributed by atoms with Gasteiger partial charge in [0.05, 0.1) is 20.0 Å². The van der Waals surface area contributed by atoms with Crippen LogP contribution in [0.1, 0.15) is 0 Å². The first-order chi connectivity index (χ1) is 12.2. The van der Waals surface area contributed by atoms with Gasteiger partial charge in [-0.15, -0.1) is 11.8 Å².